The summed E-state index contributed by atoms with van der Waals surface area (Å²) in [5.41, 5.74) is 0.868. The Balaban J connectivity index is 1.57. The van der Waals surface area contributed by atoms with Crippen molar-refractivity contribution in [3.63, 3.8) is 0 Å². The number of rotatable bonds is 3. The van der Waals surface area contributed by atoms with Crippen molar-refractivity contribution in [3.8, 4) is 0 Å². The van der Waals surface area contributed by atoms with Crippen molar-refractivity contribution in [2.75, 3.05) is 26.2 Å². The van der Waals surface area contributed by atoms with Gasteiger partial charge in [-0.05, 0) is 23.8 Å². The van der Waals surface area contributed by atoms with Gasteiger partial charge in [0.1, 0.15) is 0 Å². The fourth-order valence-corrected chi connectivity index (χ4v) is 3.24. The number of aliphatic hydroxyl groups is 1. The minimum atomic E-state index is -2.61. The number of likely N-dealkylation sites (tertiary alicyclic amines) is 2. The van der Waals surface area contributed by atoms with Crippen molar-refractivity contribution in [1.82, 2.24) is 14.8 Å². The molecule has 0 radical (unpaired) electrons. The first kappa shape index (κ1) is 17.0. The summed E-state index contributed by atoms with van der Waals surface area (Å²) in [4.78, 5) is 19.6. The Bertz CT molecular complexity index is 599. The molecule has 24 heavy (non-hydrogen) atoms. The van der Waals surface area contributed by atoms with Gasteiger partial charge in [0.25, 0.3) is 5.92 Å². The highest BCUT2D eigenvalue weighted by Crippen LogP contribution is 2.30. The van der Waals surface area contributed by atoms with Crippen LogP contribution in [0.4, 0.5) is 8.78 Å². The van der Waals surface area contributed by atoms with Gasteiger partial charge < -0.3 is 10.0 Å². The Kier molecular flexibility index (Phi) is 4.91. The number of alkyl halides is 2. The zero-order chi connectivity index (χ0) is 17.2. The normalized spacial score (nSPS) is 27.7. The van der Waals surface area contributed by atoms with Crippen LogP contribution in [0.15, 0.2) is 30.6 Å². The van der Waals surface area contributed by atoms with Crippen LogP contribution < -0.4 is 0 Å². The number of halogens is 2. The molecule has 0 aromatic carbocycles. The van der Waals surface area contributed by atoms with Crippen LogP contribution >= 0.6 is 0 Å². The third-order valence-corrected chi connectivity index (χ3v) is 4.69. The molecule has 0 bridgehead atoms. The van der Waals surface area contributed by atoms with Crippen LogP contribution in [0.1, 0.15) is 18.4 Å². The average molecular weight is 337 g/mol. The lowest BCUT2D eigenvalue weighted by atomic mass is 10.0. The number of aliphatic hydroxyl groups excluding tert-OH is 1. The third kappa shape index (κ3) is 3.96. The second-order valence-electron chi connectivity index (χ2n) is 6.38. The lowest BCUT2D eigenvalue weighted by Crippen LogP contribution is -2.49. The number of piperidine rings is 1. The van der Waals surface area contributed by atoms with E-state index in [9.17, 15) is 18.7 Å². The van der Waals surface area contributed by atoms with Crippen molar-refractivity contribution in [1.29, 1.82) is 0 Å². The van der Waals surface area contributed by atoms with Crippen molar-refractivity contribution in [3.05, 3.63) is 36.2 Å². The van der Waals surface area contributed by atoms with Gasteiger partial charge in [-0.25, -0.2) is 8.78 Å². The van der Waals surface area contributed by atoms with Crippen molar-refractivity contribution < 1.29 is 18.7 Å². The van der Waals surface area contributed by atoms with Crippen molar-refractivity contribution >= 4 is 12.0 Å². The summed E-state index contributed by atoms with van der Waals surface area (Å²) >= 11 is 0. The second-order valence-corrected chi connectivity index (χ2v) is 6.38. The van der Waals surface area contributed by atoms with E-state index in [2.05, 4.69) is 4.98 Å². The van der Waals surface area contributed by atoms with E-state index in [0.29, 0.717) is 6.54 Å². The van der Waals surface area contributed by atoms with Gasteiger partial charge in [0, 0.05) is 57.5 Å². The van der Waals surface area contributed by atoms with Gasteiger partial charge in [0.05, 0.1) is 12.1 Å². The molecule has 2 atom stereocenters. The zero-order valence-corrected chi connectivity index (χ0v) is 13.3. The Morgan fingerprint density at radius 3 is 2.58 bits per heavy atom. The van der Waals surface area contributed by atoms with E-state index in [-0.39, 0.29) is 44.4 Å². The van der Waals surface area contributed by atoms with Gasteiger partial charge in [-0.1, -0.05) is 0 Å². The Hall–Kier alpha value is -1.86. The average Bonchev–Trinajstić information content (AvgIpc) is 2.95. The van der Waals surface area contributed by atoms with E-state index >= 15 is 0 Å². The zero-order valence-electron chi connectivity index (χ0n) is 13.3. The summed E-state index contributed by atoms with van der Waals surface area (Å²) in [5.74, 6) is -2.79. The Morgan fingerprint density at radius 2 is 1.92 bits per heavy atom. The number of hydrogen-bond donors (Lipinski definition) is 1. The maximum Gasteiger partial charge on any atom is 0.250 e. The summed E-state index contributed by atoms with van der Waals surface area (Å²) in [5, 5.41) is 10.2. The summed E-state index contributed by atoms with van der Waals surface area (Å²) in [6, 6.07) is 3.32. The number of β-amino-alcohol motifs (C(OH)–C–C–N with tert-alkyl or cyclic N) is 1. The molecule has 1 aromatic rings. The van der Waals surface area contributed by atoms with Gasteiger partial charge in [0.15, 0.2) is 0 Å². The number of aromatic nitrogens is 1. The van der Waals surface area contributed by atoms with Crippen molar-refractivity contribution in [2.45, 2.75) is 30.9 Å². The lowest BCUT2D eigenvalue weighted by molar-refractivity contribution is -0.125. The quantitative estimate of drug-likeness (QED) is 0.847. The minimum Gasteiger partial charge on any atom is -0.390 e. The molecule has 2 aliphatic heterocycles. The Labute approximate surface area is 139 Å². The number of hydrogen-bond acceptors (Lipinski definition) is 4. The molecular weight excluding hydrogens is 316 g/mol. The van der Waals surface area contributed by atoms with Crippen LogP contribution in [0.3, 0.4) is 0 Å². The molecule has 1 N–H and O–H groups in total. The summed E-state index contributed by atoms with van der Waals surface area (Å²) in [7, 11) is 0. The van der Waals surface area contributed by atoms with Gasteiger partial charge in [-0.2, -0.15) is 0 Å². The van der Waals surface area contributed by atoms with E-state index in [1.54, 1.807) is 35.5 Å². The number of amides is 1. The topological polar surface area (TPSA) is 56.7 Å². The molecule has 7 heteroatoms. The molecule has 0 aliphatic carbocycles. The van der Waals surface area contributed by atoms with Crippen LogP contribution in [0.2, 0.25) is 0 Å². The SMILES string of the molecule is O=C(/C=C/c1ccncc1)N1C[C@@H](O)[C@H](N2CCC(F)(F)CC2)C1. The van der Waals surface area contributed by atoms with E-state index in [1.165, 1.54) is 6.08 Å². The molecule has 2 fully saturated rings. The molecule has 0 unspecified atom stereocenters. The van der Waals surface area contributed by atoms with Gasteiger partial charge in [-0.15, -0.1) is 0 Å². The molecular formula is C17H21F2N3O2. The maximum absolute atomic E-state index is 13.3. The number of carbonyl (C=O) groups excluding carboxylic acids is 1. The first-order chi connectivity index (χ1) is 11.4. The van der Waals surface area contributed by atoms with Crippen molar-refractivity contribution in [2.24, 2.45) is 0 Å². The molecule has 0 spiro atoms. The Morgan fingerprint density at radius 1 is 1.25 bits per heavy atom. The molecule has 5 nitrogen and oxygen atoms in total. The van der Waals surface area contributed by atoms with Crippen LogP contribution in [-0.2, 0) is 4.79 Å². The molecule has 0 saturated carbocycles. The van der Waals surface area contributed by atoms with E-state index in [1.807, 2.05) is 4.90 Å². The molecule has 3 heterocycles. The van der Waals surface area contributed by atoms with E-state index in [4.69, 9.17) is 0 Å². The number of nitrogens with zero attached hydrogens (tertiary/aromatic N) is 3. The number of pyridine rings is 1. The maximum atomic E-state index is 13.3. The fraction of sp³-hybridized carbons (Fsp3) is 0.529. The fourth-order valence-electron chi connectivity index (χ4n) is 3.24. The summed E-state index contributed by atoms with van der Waals surface area (Å²) in [6.45, 7) is 1.11. The monoisotopic (exact) mass is 337 g/mol. The highest BCUT2D eigenvalue weighted by Gasteiger charge is 2.42. The van der Waals surface area contributed by atoms with Crippen LogP contribution in [0.5, 0.6) is 0 Å². The molecule has 2 saturated heterocycles. The second kappa shape index (κ2) is 6.94. The van der Waals surface area contributed by atoms with Gasteiger partial charge in [0.2, 0.25) is 5.91 Å². The molecule has 3 rings (SSSR count). The third-order valence-electron chi connectivity index (χ3n) is 4.69. The molecule has 2 aliphatic rings. The highest BCUT2D eigenvalue weighted by atomic mass is 19.3. The smallest absolute Gasteiger partial charge is 0.250 e. The van der Waals surface area contributed by atoms with Crippen LogP contribution in [0, 0.1) is 0 Å². The van der Waals surface area contributed by atoms with Crippen LogP contribution in [0.25, 0.3) is 6.08 Å². The molecule has 1 aromatic heterocycles. The predicted octanol–water partition coefficient (Wildman–Crippen LogP) is 1.40. The van der Waals surface area contributed by atoms with Gasteiger partial charge >= 0.3 is 0 Å². The summed E-state index contributed by atoms with van der Waals surface area (Å²) < 4.78 is 26.5. The lowest BCUT2D eigenvalue weighted by Gasteiger charge is -2.36. The largest absolute Gasteiger partial charge is 0.390 e. The van der Waals surface area contributed by atoms with Gasteiger partial charge in [-0.3, -0.25) is 14.7 Å². The molecule has 130 valence electrons. The predicted molar refractivity (Wildman–Crippen MR) is 85.4 cm³/mol. The minimum absolute atomic E-state index is 0.185. The summed E-state index contributed by atoms with van der Waals surface area (Å²) in [6.07, 6.45) is 5.38. The van der Waals surface area contributed by atoms with E-state index < -0.39 is 12.0 Å². The van der Waals surface area contributed by atoms with Crippen LogP contribution in [-0.4, -0.2) is 70.0 Å². The number of carbonyl (C=O) groups is 1. The standard InChI is InChI=1S/C17H21F2N3O2/c18-17(19)5-9-21(10-6-17)14-11-22(12-15(14)23)16(24)2-1-13-3-7-20-8-4-13/h1-4,7-8,14-15,23H,5-6,9-12H2/b2-1+/t14-,15-/m1/s1. The first-order valence-electron chi connectivity index (χ1n) is 8.12. The van der Waals surface area contributed by atoms with E-state index in [0.717, 1.165) is 5.56 Å². The highest BCUT2D eigenvalue weighted by molar-refractivity contribution is 5.92. The first-order valence-corrected chi connectivity index (χ1v) is 8.12. The molecule has 1 amide bonds.